The van der Waals surface area contributed by atoms with Crippen LogP contribution in [0, 0.1) is 0 Å². The average Bonchev–Trinajstić information content (AvgIpc) is 2.07. The second kappa shape index (κ2) is 6.64. The van der Waals surface area contributed by atoms with Gasteiger partial charge in [-0.15, -0.1) is 0 Å². The molecule has 10 heteroatoms. The first kappa shape index (κ1) is 16.8. The fourth-order valence-electron chi connectivity index (χ4n) is 0.586. The molecule has 0 aromatic heterocycles. The van der Waals surface area contributed by atoms with Crippen molar-refractivity contribution in [2.45, 2.75) is 9.65 Å². The summed E-state index contributed by atoms with van der Waals surface area (Å²) in [5.41, 5.74) is 0. The highest BCUT2D eigenvalue weighted by atomic mass is 79.9. The van der Waals surface area contributed by atoms with Gasteiger partial charge in [-0.05, 0) is 0 Å². The molecule has 0 aliphatic carbocycles. The summed E-state index contributed by atoms with van der Waals surface area (Å²) in [6.45, 7) is -0.219. The van der Waals surface area contributed by atoms with Gasteiger partial charge >= 0.3 is 0 Å². The van der Waals surface area contributed by atoms with Crippen molar-refractivity contribution in [2.75, 3.05) is 25.7 Å². The van der Waals surface area contributed by atoms with Gasteiger partial charge in [-0.25, -0.2) is 0 Å². The van der Waals surface area contributed by atoms with E-state index < -0.39 is 20.2 Å². The van der Waals surface area contributed by atoms with Crippen molar-refractivity contribution in [2.24, 2.45) is 0 Å². The number of halogens is 2. The van der Waals surface area contributed by atoms with Gasteiger partial charge in [-0.1, -0.05) is 31.9 Å². The standard InChI is InChI=1S/C6H12Br2O6S2/c1-15(9,10)13-3-5(7)6(8)4-14-16(2,11)12/h5-6H,3-4H2,1-2H3/t5-,6+. The quantitative estimate of drug-likeness (QED) is 0.453. The zero-order valence-electron chi connectivity index (χ0n) is 8.59. The van der Waals surface area contributed by atoms with E-state index in [-0.39, 0.29) is 22.9 Å². The molecule has 0 saturated carbocycles. The molecule has 0 aromatic carbocycles. The first-order chi connectivity index (χ1) is 7.01. The third kappa shape index (κ3) is 9.97. The van der Waals surface area contributed by atoms with Crippen LogP contribution in [-0.2, 0) is 28.6 Å². The van der Waals surface area contributed by atoms with Crippen molar-refractivity contribution in [3.8, 4) is 0 Å². The molecule has 98 valence electrons. The Bertz CT molecular complexity index is 363. The number of alkyl halides is 2. The second-order valence-electron chi connectivity index (χ2n) is 3.01. The van der Waals surface area contributed by atoms with E-state index in [1.807, 2.05) is 0 Å². The van der Waals surface area contributed by atoms with E-state index >= 15 is 0 Å². The number of rotatable bonds is 7. The highest BCUT2D eigenvalue weighted by molar-refractivity contribution is 9.12. The zero-order valence-corrected chi connectivity index (χ0v) is 13.4. The molecular weight excluding hydrogens is 392 g/mol. The molecule has 0 aliphatic heterocycles. The fourth-order valence-corrected chi connectivity index (χ4v) is 2.29. The molecule has 0 radical (unpaired) electrons. The van der Waals surface area contributed by atoms with Gasteiger partial charge in [0.2, 0.25) is 0 Å². The van der Waals surface area contributed by atoms with E-state index in [0.29, 0.717) is 0 Å². The molecule has 0 heterocycles. The molecule has 0 saturated heterocycles. The van der Waals surface area contributed by atoms with E-state index in [4.69, 9.17) is 0 Å². The van der Waals surface area contributed by atoms with Crippen LogP contribution >= 0.6 is 31.9 Å². The number of hydrogen-bond donors (Lipinski definition) is 0. The van der Waals surface area contributed by atoms with Gasteiger partial charge in [0.15, 0.2) is 0 Å². The van der Waals surface area contributed by atoms with Crippen molar-refractivity contribution in [1.82, 2.24) is 0 Å². The molecule has 6 nitrogen and oxygen atoms in total. The Kier molecular flexibility index (Phi) is 6.97. The molecule has 0 aromatic rings. The average molecular weight is 404 g/mol. The Hall–Kier alpha value is 0.780. The molecule has 2 atom stereocenters. The maximum atomic E-state index is 10.7. The Morgan fingerprint density at radius 1 is 0.875 bits per heavy atom. The molecule has 0 aliphatic rings. The molecule has 0 bridgehead atoms. The lowest BCUT2D eigenvalue weighted by molar-refractivity contribution is 0.287. The van der Waals surface area contributed by atoms with Crippen LogP contribution in [0.15, 0.2) is 0 Å². The highest BCUT2D eigenvalue weighted by Crippen LogP contribution is 2.16. The van der Waals surface area contributed by atoms with Crippen LogP contribution in [0.1, 0.15) is 0 Å². The van der Waals surface area contributed by atoms with Gasteiger partial charge in [0.1, 0.15) is 0 Å². The Labute approximate surface area is 112 Å². The first-order valence-electron chi connectivity index (χ1n) is 3.98. The lowest BCUT2D eigenvalue weighted by Crippen LogP contribution is -2.27. The molecule has 0 spiro atoms. The van der Waals surface area contributed by atoms with Gasteiger partial charge in [0.25, 0.3) is 20.2 Å². The minimum atomic E-state index is -3.51. The smallest absolute Gasteiger partial charge is 0.264 e. The minimum Gasteiger partial charge on any atom is -0.269 e. The predicted molar refractivity (Wildman–Crippen MR) is 67.0 cm³/mol. The van der Waals surface area contributed by atoms with Gasteiger partial charge in [0, 0.05) is 0 Å². The summed E-state index contributed by atoms with van der Waals surface area (Å²) in [7, 11) is -7.01. The third-order valence-corrected chi connectivity index (χ3v) is 4.92. The maximum absolute atomic E-state index is 10.7. The summed E-state index contributed by atoms with van der Waals surface area (Å²) >= 11 is 6.31. The van der Waals surface area contributed by atoms with Crippen LogP contribution in [-0.4, -0.2) is 52.2 Å². The first-order valence-corrected chi connectivity index (χ1v) is 9.44. The lowest BCUT2D eigenvalue weighted by atomic mass is 10.3. The third-order valence-electron chi connectivity index (χ3n) is 1.28. The summed E-state index contributed by atoms with van der Waals surface area (Å²) in [5.74, 6) is 0. The summed E-state index contributed by atoms with van der Waals surface area (Å²) < 4.78 is 51.8. The Morgan fingerprint density at radius 2 is 1.12 bits per heavy atom. The van der Waals surface area contributed by atoms with Crippen LogP contribution in [0.2, 0.25) is 0 Å². The Balaban J connectivity index is 4.05. The van der Waals surface area contributed by atoms with E-state index in [1.165, 1.54) is 0 Å². The number of hydrogen-bond acceptors (Lipinski definition) is 6. The second-order valence-corrected chi connectivity index (χ2v) is 8.65. The van der Waals surface area contributed by atoms with Crippen LogP contribution in [0.25, 0.3) is 0 Å². The molecule has 0 unspecified atom stereocenters. The van der Waals surface area contributed by atoms with Gasteiger partial charge in [0.05, 0.1) is 35.4 Å². The molecule has 16 heavy (non-hydrogen) atoms. The summed E-state index contributed by atoms with van der Waals surface area (Å²) in [4.78, 5) is -0.770. The summed E-state index contributed by atoms with van der Waals surface area (Å²) in [6.07, 6.45) is 1.87. The van der Waals surface area contributed by atoms with Crippen molar-refractivity contribution in [3.63, 3.8) is 0 Å². The zero-order chi connectivity index (χ0) is 13.0. The van der Waals surface area contributed by atoms with Crippen molar-refractivity contribution in [3.05, 3.63) is 0 Å². The topological polar surface area (TPSA) is 86.7 Å². The van der Waals surface area contributed by atoms with Crippen LogP contribution in [0.3, 0.4) is 0 Å². The SMILES string of the molecule is CS(=O)(=O)OC[C@@H](Br)[C@@H](Br)COS(C)(=O)=O. The Morgan fingerprint density at radius 3 is 1.31 bits per heavy atom. The van der Waals surface area contributed by atoms with E-state index in [1.54, 1.807) is 0 Å². The largest absolute Gasteiger partial charge is 0.269 e. The van der Waals surface area contributed by atoms with Gasteiger partial charge in [-0.3, -0.25) is 8.37 Å². The van der Waals surface area contributed by atoms with E-state index in [0.717, 1.165) is 12.5 Å². The van der Waals surface area contributed by atoms with Crippen LogP contribution < -0.4 is 0 Å². The van der Waals surface area contributed by atoms with E-state index in [9.17, 15) is 16.8 Å². The maximum Gasteiger partial charge on any atom is 0.264 e. The predicted octanol–water partition coefficient (Wildman–Crippen LogP) is 0.466. The molecular formula is C6H12Br2O6S2. The normalized spacial score (nSPS) is 17.0. The molecule has 0 rings (SSSR count). The van der Waals surface area contributed by atoms with Crippen molar-refractivity contribution >= 4 is 52.1 Å². The molecule has 0 N–H and O–H groups in total. The van der Waals surface area contributed by atoms with Crippen molar-refractivity contribution < 1.29 is 25.2 Å². The molecule has 0 amide bonds. The van der Waals surface area contributed by atoms with E-state index in [2.05, 4.69) is 40.2 Å². The summed E-state index contributed by atoms with van der Waals surface area (Å²) in [5, 5.41) is 0. The fraction of sp³-hybridized carbons (Fsp3) is 1.00. The summed E-state index contributed by atoms with van der Waals surface area (Å²) in [6, 6.07) is 0. The van der Waals surface area contributed by atoms with Crippen LogP contribution in [0.5, 0.6) is 0 Å². The molecule has 0 fully saturated rings. The monoisotopic (exact) mass is 402 g/mol. The highest BCUT2D eigenvalue weighted by Gasteiger charge is 2.20. The van der Waals surface area contributed by atoms with Crippen molar-refractivity contribution in [1.29, 1.82) is 0 Å². The van der Waals surface area contributed by atoms with Crippen LogP contribution in [0.4, 0.5) is 0 Å². The minimum absolute atomic E-state index is 0.109. The van der Waals surface area contributed by atoms with Gasteiger partial charge < -0.3 is 0 Å². The van der Waals surface area contributed by atoms with Gasteiger partial charge in [-0.2, -0.15) is 16.8 Å². The lowest BCUT2D eigenvalue weighted by Gasteiger charge is -2.15.